The van der Waals surface area contributed by atoms with E-state index in [4.69, 9.17) is 0 Å². The molecule has 4 nitrogen and oxygen atoms in total. The molecule has 0 saturated carbocycles. The molecule has 0 unspecified atom stereocenters. The monoisotopic (exact) mass is 254 g/mol. The molecule has 0 N–H and O–H groups in total. The van der Waals surface area contributed by atoms with Crippen LogP contribution in [-0.2, 0) is 10.0 Å². The fraction of sp³-hybridized carbons (Fsp3) is 0.583. The van der Waals surface area contributed by atoms with Crippen molar-refractivity contribution < 1.29 is 8.42 Å². The molecule has 1 aliphatic heterocycles. The van der Waals surface area contributed by atoms with Crippen molar-refractivity contribution in [3.63, 3.8) is 0 Å². The summed E-state index contributed by atoms with van der Waals surface area (Å²) in [4.78, 5) is 4.31. The standard InChI is InChI=1S/C12H18N2O2S/c1-10(2)12-6-5-11(9-13-12)14-7-3-4-8-17(14,15)16/h5-6,9-10H,3-4,7-8H2,1-2H3. The fourth-order valence-corrected chi connectivity index (χ4v) is 3.59. The lowest BCUT2D eigenvalue weighted by Gasteiger charge is -2.28. The molecule has 1 aromatic heterocycles. The molecule has 0 aromatic carbocycles. The molecule has 0 amide bonds. The Balaban J connectivity index is 2.27. The summed E-state index contributed by atoms with van der Waals surface area (Å²) in [5.41, 5.74) is 1.68. The largest absolute Gasteiger partial charge is 0.269 e. The highest BCUT2D eigenvalue weighted by Gasteiger charge is 2.26. The summed E-state index contributed by atoms with van der Waals surface area (Å²) >= 11 is 0. The van der Waals surface area contributed by atoms with Gasteiger partial charge in [-0.3, -0.25) is 9.29 Å². The number of pyridine rings is 1. The van der Waals surface area contributed by atoms with Crippen LogP contribution in [0.1, 0.15) is 38.3 Å². The van der Waals surface area contributed by atoms with E-state index >= 15 is 0 Å². The molecule has 1 saturated heterocycles. The van der Waals surface area contributed by atoms with Crippen LogP contribution < -0.4 is 4.31 Å². The lowest BCUT2D eigenvalue weighted by atomic mass is 10.1. The Morgan fingerprint density at radius 3 is 2.59 bits per heavy atom. The number of anilines is 1. The zero-order chi connectivity index (χ0) is 12.5. The topological polar surface area (TPSA) is 50.3 Å². The summed E-state index contributed by atoms with van der Waals surface area (Å²) in [5.74, 6) is 0.612. The summed E-state index contributed by atoms with van der Waals surface area (Å²) in [5, 5.41) is 0. The van der Waals surface area contributed by atoms with Crippen molar-refractivity contribution in [1.82, 2.24) is 4.98 Å². The van der Waals surface area contributed by atoms with Crippen molar-refractivity contribution in [2.24, 2.45) is 0 Å². The molecule has 1 aromatic rings. The van der Waals surface area contributed by atoms with E-state index in [0.29, 0.717) is 18.2 Å². The summed E-state index contributed by atoms with van der Waals surface area (Å²) in [7, 11) is -3.12. The van der Waals surface area contributed by atoms with Crippen LogP contribution in [0.25, 0.3) is 0 Å². The second-order valence-electron chi connectivity index (χ2n) is 4.69. The minimum absolute atomic E-state index is 0.249. The summed E-state index contributed by atoms with van der Waals surface area (Å²) < 4.78 is 25.3. The van der Waals surface area contributed by atoms with Gasteiger partial charge in [0, 0.05) is 12.2 Å². The van der Waals surface area contributed by atoms with E-state index in [2.05, 4.69) is 18.8 Å². The van der Waals surface area contributed by atoms with Crippen LogP contribution in [0, 0.1) is 0 Å². The van der Waals surface area contributed by atoms with E-state index < -0.39 is 10.0 Å². The first-order chi connectivity index (χ1) is 8.00. The van der Waals surface area contributed by atoms with Gasteiger partial charge in [-0.05, 0) is 30.9 Å². The van der Waals surface area contributed by atoms with E-state index in [1.165, 1.54) is 4.31 Å². The predicted molar refractivity (Wildman–Crippen MR) is 68.7 cm³/mol. The molecule has 17 heavy (non-hydrogen) atoms. The second kappa shape index (κ2) is 4.64. The van der Waals surface area contributed by atoms with Gasteiger partial charge in [0.2, 0.25) is 10.0 Å². The summed E-state index contributed by atoms with van der Waals surface area (Å²) in [6.45, 7) is 4.71. The van der Waals surface area contributed by atoms with Gasteiger partial charge in [-0.15, -0.1) is 0 Å². The van der Waals surface area contributed by atoms with Gasteiger partial charge in [-0.1, -0.05) is 13.8 Å². The van der Waals surface area contributed by atoms with E-state index in [1.807, 2.05) is 12.1 Å². The number of nitrogens with zero attached hydrogens (tertiary/aromatic N) is 2. The van der Waals surface area contributed by atoms with Gasteiger partial charge in [0.25, 0.3) is 0 Å². The third kappa shape index (κ3) is 2.60. The van der Waals surface area contributed by atoms with Crippen LogP contribution in [0.2, 0.25) is 0 Å². The minimum atomic E-state index is -3.12. The maximum absolute atomic E-state index is 11.9. The van der Waals surface area contributed by atoms with Crippen molar-refractivity contribution >= 4 is 15.7 Å². The Bertz CT molecular complexity index is 480. The first-order valence-corrected chi connectivity index (χ1v) is 7.58. The normalized spacial score (nSPS) is 19.6. The first kappa shape index (κ1) is 12.4. The van der Waals surface area contributed by atoms with Gasteiger partial charge in [0.05, 0.1) is 17.6 Å². The van der Waals surface area contributed by atoms with Crippen LogP contribution >= 0.6 is 0 Å². The van der Waals surface area contributed by atoms with Crippen LogP contribution in [0.4, 0.5) is 5.69 Å². The Kier molecular flexibility index (Phi) is 3.38. The van der Waals surface area contributed by atoms with Crippen LogP contribution in [-0.4, -0.2) is 25.7 Å². The Morgan fingerprint density at radius 1 is 1.29 bits per heavy atom. The molecular formula is C12H18N2O2S. The van der Waals surface area contributed by atoms with Gasteiger partial charge >= 0.3 is 0 Å². The van der Waals surface area contributed by atoms with E-state index in [1.54, 1.807) is 6.20 Å². The Morgan fingerprint density at radius 2 is 2.06 bits per heavy atom. The molecular weight excluding hydrogens is 236 g/mol. The van der Waals surface area contributed by atoms with Crippen LogP contribution in [0.15, 0.2) is 18.3 Å². The van der Waals surface area contributed by atoms with E-state index in [9.17, 15) is 8.42 Å². The Labute approximate surface area is 103 Å². The molecule has 0 bridgehead atoms. The molecule has 94 valence electrons. The molecule has 2 rings (SSSR count). The van der Waals surface area contributed by atoms with Crippen LogP contribution in [0.5, 0.6) is 0 Å². The van der Waals surface area contributed by atoms with Gasteiger partial charge in [-0.25, -0.2) is 8.42 Å². The number of hydrogen-bond donors (Lipinski definition) is 0. The van der Waals surface area contributed by atoms with Crippen molar-refractivity contribution in [2.75, 3.05) is 16.6 Å². The number of hydrogen-bond acceptors (Lipinski definition) is 3. The van der Waals surface area contributed by atoms with Crippen molar-refractivity contribution in [1.29, 1.82) is 0 Å². The SMILES string of the molecule is CC(C)c1ccc(N2CCCCS2(=O)=O)cn1. The van der Waals surface area contributed by atoms with Gasteiger partial charge < -0.3 is 0 Å². The fourth-order valence-electron chi connectivity index (χ4n) is 1.97. The van der Waals surface area contributed by atoms with Crippen molar-refractivity contribution in [3.05, 3.63) is 24.0 Å². The molecule has 1 aliphatic rings. The summed E-state index contributed by atoms with van der Waals surface area (Å²) in [6.07, 6.45) is 3.35. The molecule has 2 heterocycles. The molecule has 0 aliphatic carbocycles. The maximum atomic E-state index is 11.9. The molecule has 5 heteroatoms. The first-order valence-electron chi connectivity index (χ1n) is 5.97. The van der Waals surface area contributed by atoms with Crippen molar-refractivity contribution in [2.45, 2.75) is 32.6 Å². The molecule has 1 fully saturated rings. The lowest BCUT2D eigenvalue weighted by Crippen LogP contribution is -2.37. The van der Waals surface area contributed by atoms with Gasteiger partial charge in [0.15, 0.2) is 0 Å². The highest BCUT2D eigenvalue weighted by molar-refractivity contribution is 7.92. The van der Waals surface area contributed by atoms with E-state index in [0.717, 1.165) is 18.5 Å². The molecule has 0 radical (unpaired) electrons. The predicted octanol–water partition coefficient (Wildman–Crippen LogP) is 2.13. The zero-order valence-corrected chi connectivity index (χ0v) is 11.1. The molecule has 0 spiro atoms. The maximum Gasteiger partial charge on any atom is 0.235 e. The lowest BCUT2D eigenvalue weighted by molar-refractivity contribution is 0.574. The average Bonchev–Trinajstić information content (AvgIpc) is 2.28. The summed E-state index contributed by atoms with van der Waals surface area (Å²) in [6, 6.07) is 3.76. The average molecular weight is 254 g/mol. The van der Waals surface area contributed by atoms with Gasteiger partial charge in [-0.2, -0.15) is 0 Å². The highest BCUT2D eigenvalue weighted by atomic mass is 32.2. The highest BCUT2D eigenvalue weighted by Crippen LogP contribution is 2.23. The number of aromatic nitrogens is 1. The van der Waals surface area contributed by atoms with E-state index in [-0.39, 0.29) is 5.75 Å². The number of rotatable bonds is 2. The van der Waals surface area contributed by atoms with Crippen molar-refractivity contribution in [3.8, 4) is 0 Å². The minimum Gasteiger partial charge on any atom is -0.269 e. The molecule has 0 atom stereocenters. The third-order valence-corrected chi connectivity index (χ3v) is 4.87. The van der Waals surface area contributed by atoms with Gasteiger partial charge in [0.1, 0.15) is 0 Å². The second-order valence-corrected chi connectivity index (χ2v) is 6.70. The quantitative estimate of drug-likeness (QED) is 0.812. The van der Waals surface area contributed by atoms with Crippen LogP contribution in [0.3, 0.4) is 0 Å². The Hall–Kier alpha value is -1.10. The third-order valence-electron chi connectivity index (χ3n) is 3.00. The zero-order valence-electron chi connectivity index (χ0n) is 10.3. The smallest absolute Gasteiger partial charge is 0.235 e. The number of sulfonamides is 1.